The lowest BCUT2D eigenvalue weighted by Crippen LogP contribution is -2.23. The third kappa shape index (κ3) is 4.25. The lowest BCUT2D eigenvalue weighted by atomic mass is 10.1. The normalized spacial score (nSPS) is 13.5. The van der Waals surface area contributed by atoms with E-state index in [2.05, 4.69) is 4.98 Å². The maximum atomic E-state index is 12.3. The Balaban J connectivity index is 1.35. The molecule has 0 atom stereocenters. The van der Waals surface area contributed by atoms with Crippen LogP contribution in [0.4, 0.5) is 5.69 Å². The Morgan fingerprint density at radius 2 is 1.83 bits per heavy atom. The monoisotopic (exact) mass is 406 g/mol. The number of hydrogen-bond acceptors (Lipinski definition) is 6. The predicted octanol–water partition coefficient (Wildman–Crippen LogP) is 3.98. The summed E-state index contributed by atoms with van der Waals surface area (Å²) in [6.45, 7) is 0.335. The third-order valence-electron chi connectivity index (χ3n) is 4.64. The van der Waals surface area contributed by atoms with Crippen molar-refractivity contribution in [1.29, 1.82) is 0 Å². The van der Waals surface area contributed by atoms with Crippen LogP contribution in [-0.2, 0) is 9.53 Å². The van der Waals surface area contributed by atoms with Crippen LogP contribution in [0.25, 0.3) is 10.6 Å². The summed E-state index contributed by atoms with van der Waals surface area (Å²) in [7, 11) is 0. The van der Waals surface area contributed by atoms with Crippen LogP contribution in [0.3, 0.4) is 0 Å². The number of esters is 1. The number of thiazole rings is 1. The van der Waals surface area contributed by atoms with Gasteiger partial charge < -0.3 is 9.64 Å². The molecular weight excluding hydrogens is 388 g/mol. The Morgan fingerprint density at radius 1 is 1.07 bits per heavy atom. The number of carbonyl (C=O) groups excluding carboxylic acids is 3. The summed E-state index contributed by atoms with van der Waals surface area (Å²) < 4.78 is 5.13. The summed E-state index contributed by atoms with van der Waals surface area (Å²) in [6.07, 6.45) is 1.40. The Hall–Kier alpha value is -3.32. The zero-order chi connectivity index (χ0) is 20.2. The van der Waals surface area contributed by atoms with E-state index in [4.69, 9.17) is 4.74 Å². The Labute approximate surface area is 171 Å². The fraction of sp³-hybridized carbons (Fsp3) is 0.182. The van der Waals surface area contributed by atoms with Crippen LogP contribution in [0.15, 0.2) is 60.0 Å². The van der Waals surface area contributed by atoms with Crippen molar-refractivity contribution in [3.63, 3.8) is 0 Å². The van der Waals surface area contributed by atoms with Gasteiger partial charge in [-0.2, -0.15) is 0 Å². The first kappa shape index (κ1) is 19.0. The SMILES string of the molecule is O=C(COC(=O)c1csc(-c2ccccc2)n1)c1ccc(N2CCCC2=O)cc1. The third-order valence-corrected chi connectivity index (χ3v) is 5.53. The number of amides is 1. The molecule has 1 saturated heterocycles. The van der Waals surface area contributed by atoms with Gasteiger partial charge in [-0.3, -0.25) is 9.59 Å². The fourth-order valence-corrected chi connectivity index (χ4v) is 3.91. The van der Waals surface area contributed by atoms with Crippen molar-refractivity contribution in [2.24, 2.45) is 0 Å². The molecule has 3 aromatic rings. The molecule has 1 aliphatic rings. The highest BCUT2D eigenvalue weighted by atomic mass is 32.1. The van der Waals surface area contributed by atoms with Gasteiger partial charge in [0.05, 0.1) is 0 Å². The molecule has 4 rings (SSSR count). The predicted molar refractivity (Wildman–Crippen MR) is 110 cm³/mol. The van der Waals surface area contributed by atoms with Crippen molar-refractivity contribution in [1.82, 2.24) is 4.98 Å². The number of ketones is 1. The molecule has 0 unspecified atom stereocenters. The van der Waals surface area contributed by atoms with Crippen molar-refractivity contribution >= 4 is 34.7 Å². The molecule has 1 aromatic heterocycles. The van der Waals surface area contributed by atoms with Crippen LogP contribution in [0.2, 0.25) is 0 Å². The Morgan fingerprint density at radius 3 is 2.52 bits per heavy atom. The van der Waals surface area contributed by atoms with Gasteiger partial charge in [-0.1, -0.05) is 30.3 Å². The van der Waals surface area contributed by atoms with Crippen LogP contribution in [0.5, 0.6) is 0 Å². The maximum absolute atomic E-state index is 12.3. The van der Waals surface area contributed by atoms with E-state index in [-0.39, 0.29) is 24.0 Å². The Bertz CT molecular complexity index is 1040. The minimum atomic E-state index is -0.629. The maximum Gasteiger partial charge on any atom is 0.358 e. The number of nitrogens with zero attached hydrogens (tertiary/aromatic N) is 2. The van der Waals surface area contributed by atoms with E-state index in [0.29, 0.717) is 18.5 Å². The van der Waals surface area contributed by atoms with Gasteiger partial charge in [-0.05, 0) is 30.7 Å². The van der Waals surface area contributed by atoms with Crippen molar-refractivity contribution in [3.8, 4) is 10.6 Å². The number of ether oxygens (including phenoxy) is 1. The van der Waals surface area contributed by atoms with Crippen LogP contribution in [-0.4, -0.2) is 35.8 Å². The van der Waals surface area contributed by atoms with Gasteiger partial charge in [0.1, 0.15) is 5.01 Å². The molecule has 0 radical (unpaired) electrons. The highest BCUT2D eigenvalue weighted by Crippen LogP contribution is 2.24. The second-order valence-electron chi connectivity index (χ2n) is 6.60. The van der Waals surface area contributed by atoms with Crippen molar-refractivity contribution < 1.29 is 19.1 Å². The van der Waals surface area contributed by atoms with Crippen LogP contribution in [0.1, 0.15) is 33.7 Å². The first-order valence-electron chi connectivity index (χ1n) is 9.23. The average molecular weight is 406 g/mol. The molecular formula is C22H18N2O4S. The quantitative estimate of drug-likeness (QED) is 0.457. The summed E-state index contributed by atoms with van der Waals surface area (Å²) in [6, 6.07) is 16.3. The number of rotatable bonds is 6. The highest BCUT2D eigenvalue weighted by molar-refractivity contribution is 7.13. The van der Waals surface area contributed by atoms with Crippen molar-refractivity contribution in [2.45, 2.75) is 12.8 Å². The molecule has 0 saturated carbocycles. The van der Waals surface area contributed by atoms with E-state index in [1.807, 2.05) is 30.3 Å². The van der Waals surface area contributed by atoms with Crippen LogP contribution >= 0.6 is 11.3 Å². The van der Waals surface area contributed by atoms with Gasteiger partial charge in [0.25, 0.3) is 0 Å². The molecule has 0 spiro atoms. The number of Topliss-reactive ketones (excluding diaryl/α,β-unsaturated/α-hetero) is 1. The van der Waals surface area contributed by atoms with Gasteiger partial charge in [-0.25, -0.2) is 9.78 Å². The zero-order valence-electron chi connectivity index (χ0n) is 15.5. The molecule has 0 aliphatic carbocycles. The largest absolute Gasteiger partial charge is 0.453 e. The topological polar surface area (TPSA) is 76.6 Å². The molecule has 7 heteroatoms. The minimum Gasteiger partial charge on any atom is -0.453 e. The second-order valence-corrected chi connectivity index (χ2v) is 7.46. The molecule has 0 N–H and O–H groups in total. The van der Waals surface area contributed by atoms with Gasteiger partial charge in [0, 0.05) is 35.2 Å². The number of benzene rings is 2. The molecule has 1 aliphatic heterocycles. The summed E-state index contributed by atoms with van der Waals surface area (Å²) in [5.41, 5.74) is 2.31. The molecule has 2 aromatic carbocycles. The van der Waals surface area contributed by atoms with Crippen LogP contribution < -0.4 is 4.90 Å². The molecule has 0 bridgehead atoms. The molecule has 146 valence electrons. The minimum absolute atomic E-state index is 0.0936. The molecule has 29 heavy (non-hydrogen) atoms. The second kappa shape index (κ2) is 8.36. The van der Waals surface area contributed by atoms with Crippen molar-refractivity contribution in [2.75, 3.05) is 18.1 Å². The van der Waals surface area contributed by atoms with Gasteiger partial charge in [-0.15, -0.1) is 11.3 Å². The van der Waals surface area contributed by atoms with E-state index >= 15 is 0 Å². The number of anilines is 1. The molecule has 1 fully saturated rings. The summed E-state index contributed by atoms with van der Waals surface area (Å²) in [5.74, 6) is -0.844. The van der Waals surface area contributed by atoms with Crippen molar-refractivity contribution in [3.05, 3.63) is 71.2 Å². The smallest absolute Gasteiger partial charge is 0.358 e. The van der Waals surface area contributed by atoms with E-state index in [9.17, 15) is 14.4 Å². The summed E-state index contributed by atoms with van der Waals surface area (Å²) >= 11 is 1.35. The molecule has 1 amide bonds. The van der Waals surface area contributed by atoms with Gasteiger partial charge in [0.2, 0.25) is 5.91 Å². The summed E-state index contributed by atoms with van der Waals surface area (Å²) in [5, 5.41) is 2.34. The summed E-state index contributed by atoms with van der Waals surface area (Å²) in [4.78, 5) is 42.3. The standard InChI is InChI=1S/C22H18N2O4S/c25-19(15-8-10-17(11-9-15)24-12-4-7-20(24)26)13-28-22(27)18-14-29-21(23-18)16-5-2-1-3-6-16/h1-3,5-6,8-11,14H,4,7,12-13H2. The number of hydrogen-bond donors (Lipinski definition) is 0. The first-order valence-corrected chi connectivity index (χ1v) is 10.1. The van der Waals surface area contributed by atoms with Gasteiger partial charge in [0.15, 0.2) is 18.1 Å². The molecule has 2 heterocycles. The van der Waals surface area contributed by atoms with Gasteiger partial charge >= 0.3 is 5.97 Å². The lowest BCUT2D eigenvalue weighted by molar-refractivity contribution is -0.117. The number of aromatic nitrogens is 1. The highest BCUT2D eigenvalue weighted by Gasteiger charge is 2.22. The van der Waals surface area contributed by atoms with E-state index in [1.54, 1.807) is 34.5 Å². The first-order chi connectivity index (χ1) is 14.1. The Kier molecular flexibility index (Phi) is 5.48. The lowest BCUT2D eigenvalue weighted by Gasteiger charge is -2.15. The fourth-order valence-electron chi connectivity index (χ4n) is 3.12. The van der Waals surface area contributed by atoms with E-state index in [0.717, 1.165) is 22.7 Å². The number of carbonyl (C=O) groups is 3. The average Bonchev–Trinajstić information content (AvgIpc) is 3.42. The van der Waals surface area contributed by atoms with Crippen LogP contribution in [0, 0.1) is 0 Å². The zero-order valence-corrected chi connectivity index (χ0v) is 16.4. The van der Waals surface area contributed by atoms with E-state index < -0.39 is 5.97 Å². The van der Waals surface area contributed by atoms with E-state index in [1.165, 1.54) is 11.3 Å². The molecule has 6 nitrogen and oxygen atoms in total.